The molecule has 0 radical (unpaired) electrons. The number of hydrogen-bond acceptors (Lipinski definition) is 6. The van der Waals surface area contributed by atoms with Crippen LogP contribution in [0, 0.1) is 22.8 Å². The van der Waals surface area contributed by atoms with E-state index >= 15 is 0 Å². The number of nitrogens with zero attached hydrogens (tertiary/aromatic N) is 4. The van der Waals surface area contributed by atoms with Gasteiger partial charge in [0.25, 0.3) is 0 Å². The van der Waals surface area contributed by atoms with Crippen molar-refractivity contribution in [3.63, 3.8) is 0 Å². The Kier molecular flexibility index (Phi) is 3.93. The van der Waals surface area contributed by atoms with Crippen molar-refractivity contribution in [1.29, 1.82) is 10.5 Å². The van der Waals surface area contributed by atoms with E-state index in [1.165, 1.54) is 11.8 Å². The number of ether oxygens (including phenoxy) is 1. The van der Waals surface area contributed by atoms with Crippen LogP contribution in [0.1, 0.15) is 31.0 Å². The summed E-state index contributed by atoms with van der Waals surface area (Å²) in [5, 5.41) is 29.5. The van der Waals surface area contributed by atoms with E-state index in [0.29, 0.717) is 23.0 Å². The van der Waals surface area contributed by atoms with Gasteiger partial charge in [-0.05, 0) is 32.0 Å². The molecule has 1 saturated heterocycles. The summed E-state index contributed by atoms with van der Waals surface area (Å²) in [5.74, 6) is 1.45. The Morgan fingerprint density at radius 1 is 1.43 bits per heavy atom. The summed E-state index contributed by atoms with van der Waals surface area (Å²) in [6.07, 6.45) is 1.01. The number of rotatable bonds is 1. The molecule has 118 valence electrons. The first kappa shape index (κ1) is 15.7. The number of fused-ring (bicyclic) bond motifs is 1. The number of aliphatic imine (C=N–C) groups is 1. The fourth-order valence-electron chi connectivity index (χ4n) is 2.99. The molecule has 0 amide bonds. The van der Waals surface area contributed by atoms with Crippen molar-refractivity contribution >= 4 is 16.9 Å². The highest BCUT2D eigenvalue weighted by Crippen LogP contribution is 2.45. The normalized spacial score (nSPS) is 27.0. The molecule has 1 aromatic carbocycles. The van der Waals surface area contributed by atoms with Crippen LogP contribution in [0.2, 0.25) is 0 Å². The van der Waals surface area contributed by atoms with Gasteiger partial charge in [-0.15, -0.1) is 4.99 Å². The maximum atomic E-state index is 10.9. The number of benzene rings is 1. The number of aliphatic hydroxyl groups excluding tert-OH is 1. The zero-order chi connectivity index (χ0) is 16.6. The lowest BCUT2D eigenvalue weighted by Gasteiger charge is -2.45. The summed E-state index contributed by atoms with van der Waals surface area (Å²) < 4.78 is 5.92. The number of thioether (sulfide) groups is 1. The number of nitriles is 2. The van der Waals surface area contributed by atoms with Crippen LogP contribution < -0.4 is 4.74 Å². The molecule has 0 aliphatic carbocycles. The average molecular weight is 328 g/mol. The van der Waals surface area contributed by atoms with Crippen molar-refractivity contribution in [2.75, 3.05) is 12.3 Å². The summed E-state index contributed by atoms with van der Waals surface area (Å²) >= 11 is 1.49. The standard InChI is InChI=1S/C16H16N4O2S/c1-16(2)14(21)13(20-5-6-23-15(20)19-9-18)11-7-10(8-17)3-4-12(11)22-16/h3-4,7,13-14,21H,5-6H2,1-2H3/t13-,14+/m0/s1. The number of hydrogen-bond donors (Lipinski definition) is 1. The fourth-order valence-corrected chi connectivity index (χ4v) is 3.93. The summed E-state index contributed by atoms with van der Waals surface area (Å²) in [6.45, 7) is 4.34. The maximum Gasteiger partial charge on any atom is 0.208 e. The summed E-state index contributed by atoms with van der Waals surface area (Å²) in [4.78, 5) is 5.81. The SMILES string of the molecule is CC1(C)Oc2ccc(C#N)cc2[C@H](N2CCSC2=NC#N)[C@H]1O. The van der Waals surface area contributed by atoms with Gasteiger partial charge in [-0.1, -0.05) is 11.8 Å². The Hall–Kier alpha value is -2.22. The molecule has 6 nitrogen and oxygen atoms in total. The minimum absolute atomic E-state index is 0.399. The highest BCUT2D eigenvalue weighted by atomic mass is 32.2. The molecule has 3 rings (SSSR count). The molecular weight excluding hydrogens is 312 g/mol. The van der Waals surface area contributed by atoms with Gasteiger partial charge in [-0.3, -0.25) is 0 Å². The maximum absolute atomic E-state index is 10.9. The second-order valence-corrected chi connectivity index (χ2v) is 7.06. The number of amidine groups is 1. The predicted octanol–water partition coefficient (Wildman–Crippen LogP) is 2.02. The van der Waals surface area contributed by atoms with Gasteiger partial charge in [0, 0.05) is 17.9 Å². The van der Waals surface area contributed by atoms with Crippen LogP contribution in [0.25, 0.3) is 0 Å². The molecular formula is C16H16N4O2S. The van der Waals surface area contributed by atoms with Gasteiger partial charge in [0.05, 0.1) is 17.7 Å². The second kappa shape index (κ2) is 5.77. The first-order chi connectivity index (χ1) is 11.0. The van der Waals surface area contributed by atoms with Gasteiger partial charge in [0.1, 0.15) is 17.5 Å². The molecule has 0 unspecified atom stereocenters. The molecule has 23 heavy (non-hydrogen) atoms. The van der Waals surface area contributed by atoms with Crippen molar-refractivity contribution in [2.24, 2.45) is 4.99 Å². The van der Waals surface area contributed by atoms with E-state index in [1.807, 2.05) is 24.9 Å². The van der Waals surface area contributed by atoms with Gasteiger partial charge in [-0.25, -0.2) is 0 Å². The minimum Gasteiger partial charge on any atom is -0.485 e. The van der Waals surface area contributed by atoms with Gasteiger partial charge in [0.2, 0.25) is 6.19 Å². The minimum atomic E-state index is -0.813. The molecule has 2 aliphatic rings. The highest BCUT2D eigenvalue weighted by Gasteiger charge is 2.47. The van der Waals surface area contributed by atoms with Crippen LogP contribution in [-0.4, -0.2) is 39.2 Å². The van der Waals surface area contributed by atoms with Crippen molar-refractivity contribution in [3.8, 4) is 18.0 Å². The zero-order valence-electron chi connectivity index (χ0n) is 12.9. The fraction of sp³-hybridized carbons (Fsp3) is 0.438. The van der Waals surface area contributed by atoms with E-state index in [9.17, 15) is 5.11 Å². The highest BCUT2D eigenvalue weighted by molar-refractivity contribution is 8.14. The molecule has 0 saturated carbocycles. The molecule has 7 heteroatoms. The third kappa shape index (κ3) is 2.63. The summed E-state index contributed by atoms with van der Waals surface area (Å²) in [6, 6.07) is 6.92. The third-order valence-electron chi connectivity index (χ3n) is 4.13. The first-order valence-electron chi connectivity index (χ1n) is 7.25. The Morgan fingerprint density at radius 3 is 2.91 bits per heavy atom. The van der Waals surface area contributed by atoms with Gasteiger partial charge >= 0.3 is 0 Å². The summed E-state index contributed by atoms with van der Waals surface area (Å²) in [5.41, 5.74) is 0.482. The van der Waals surface area contributed by atoms with Crippen LogP contribution in [0.15, 0.2) is 23.2 Å². The van der Waals surface area contributed by atoms with Crippen LogP contribution in [0.3, 0.4) is 0 Å². The topological polar surface area (TPSA) is 92.6 Å². The molecule has 2 atom stereocenters. The quantitative estimate of drug-likeness (QED) is 0.793. The molecule has 2 heterocycles. The van der Waals surface area contributed by atoms with Crippen LogP contribution in [0.5, 0.6) is 5.75 Å². The molecule has 1 N–H and O–H groups in total. The van der Waals surface area contributed by atoms with Crippen LogP contribution >= 0.6 is 11.8 Å². The van der Waals surface area contributed by atoms with Gasteiger partial charge in [-0.2, -0.15) is 10.5 Å². The van der Waals surface area contributed by atoms with Crippen LogP contribution in [0.4, 0.5) is 0 Å². The smallest absolute Gasteiger partial charge is 0.208 e. The molecule has 1 fully saturated rings. The van der Waals surface area contributed by atoms with E-state index in [0.717, 1.165) is 11.3 Å². The molecule has 0 spiro atoms. The lowest BCUT2D eigenvalue weighted by molar-refractivity contribution is -0.0800. The van der Waals surface area contributed by atoms with E-state index < -0.39 is 17.7 Å². The Morgan fingerprint density at radius 2 is 2.22 bits per heavy atom. The Labute approximate surface area is 139 Å². The average Bonchev–Trinajstić information content (AvgIpc) is 2.96. The Bertz CT molecular complexity index is 747. The molecule has 0 aromatic heterocycles. The van der Waals surface area contributed by atoms with E-state index in [4.69, 9.17) is 15.3 Å². The van der Waals surface area contributed by atoms with E-state index in [2.05, 4.69) is 11.1 Å². The number of aliphatic hydroxyl groups is 1. The molecule has 2 aliphatic heterocycles. The van der Waals surface area contributed by atoms with Gasteiger partial charge < -0.3 is 14.7 Å². The van der Waals surface area contributed by atoms with Crippen molar-refractivity contribution in [2.45, 2.75) is 31.6 Å². The summed E-state index contributed by atoms with van der Waals surface area (Å²) in [7, 11) is 0. The van der Waals surface area contributed by atoms with Gasteiger partial charge in [0.15, 0.2) is 5.17 Å². The molecule has 0 bridgehead atoms. The first-order valence-corrected chi connectivity index (χ1v) is 8.24. The Balaban J connectivity index is 2.13. The zero-order valence-corrected chi connectivity index (χ0v) is 13.7. The van der Waals surface area contributed by atoms with E-state index in [1.54, 1.807) is 18.2 Å². The second-order valence-electron chi connectivity index (χ2n) is 6.00. The largest absolute Gasteiger partial charge is 0.485 e. The molecule has 1 aromatic rings. The monoisotopic (exact) mass is 328 g/mol. The lowest BCUT2D eigenvalue weighted by atomic mass is 9.85. The van der Waals surface area contributed by atoms with Crippen LogP contribution in [-0.2, 0) is 0 Å². The predicted molar refractivity (Wildman–Crippen MR) is 86.8 cm³/mol. The third-order valence-corrected chi connectivity index (χ3v) is 5.10. The lowest BCUT2D eigenvalue weighted by Crippen LogP contribution is -2.53. The van der Waals surface area contributed by atoms with Crippen molar-refractivity contribution in [1.82, 2.24) is 4.90 Å². The van der Waals surface area contributed by atoms with Crippen molar-refractivity contribution < 1.29 is 9.84 Å². The van der Waals surface area contributed by atoms with E-state index in [-0.39, 0.29) is 0 Å². The van der Waals surface area contributed by atoms with Crippen molar-refractivity contribution in [3.05, 3.63) is 29.3 Å².